The summed E-state index contributed by atoms with van der Waals surface area (Å²) in [4.78, 5) is 4.12. The van der Waals surface area contributed by atoms with Gasteiger partial charge in [0.15, 0.2) is 0 Å². The number of nitrogens with zero attached hydrogens (tertiary/aromatic N) is 3. The molecule has 1 aromatic heterocycles. The Morgan fingerprint density at radius 1 is 1.56 bits per heavy atom. The van der Waals surface area contributed by atoms with Crippen LogP contribution < -0.4 is 5.32 Å². The summed E-state index contributed by atoms with van der Waals surface area (Å²) in [6.45, 7) is 2.72. The van der Waals surface area contributed by atoms with Crippen LogP contribution in [0.15, 0.2) is 6.33 Å². The van der Waals surface area contributed by atoms with Gasteiger partial charge in [0.1, 0.15) is 22.0 Å². The molecule has 0 aliphatic carbocycles. The number of rotatable bonds is 6. The number of likely N-dealkylation sites (N-methyl/N-ethyl adjacent to an activating group) is 1. The molecular weight excluding hydrogens is 228 g/mol. The lowest BCUT2D eigenvalue weighted by atomic mass is 10.2. The normalized spacial score (nSPS) is 13.9. The van der Waals surface area contributed by atoms with Gasteiger partial charge in [0.2, 0.25) is 0 Å². The molecule has 7 heteroatoms. The SMILES string of the molecule is CCn1ncnc1CC(CS(C)(=O)=O)NC. The lowest BCUT2D eigenvalue weighted by Crippen LogP contribution is -2.35. The second-order valence-corrected chi connectivity index (χ2v) is 5.96. The first-order valence-corrected chi connectivity index (χ1v) is 7.24. The fraction of sp³-hybridized carbons (Fsp3) is 0.778. The van der Waals surface area contributed by atoms with E-state index in [2.05, 4.69) is 15.4 Å². The van der Waals surface area contributed by atoms with Crippen molar-refractivity contribution in [1.82, 2.24) is 20.1 Å². The van der Waals surface area contributed by atoms with Crippen LogP contribution in [0.4, 0.5) is 0 Å². The molecule has 0 aliphatic heterocycles. The summed E-state index contributed by atoms with van der Waals surface area (Å²) in [5.74, 6) is 0.922. The first kappa shape index (κ1) is 13.1. The summed E-state index contributed by atoms with van der Waals surface area (Å²) in [6, 6.07) is -0.121. The van der Waals surface area contributed by atoms with Crippen LogP contribution in [-0.4, -0.2) is 48.3 Å². The van der Waals surface area contributed by atoms with Crippen molar-refractivity contribution in [3.63, 3.8) is 0 Å². The Bertz CT molecular complexity index is 426. The van der Waals surface area contributed by atoms with E-state index in [0.717, 1.165) is 12.4 Å². The second-order valence-electron chi connectivity index (χ2n) is 3.77. The minimum absolute atomic E-state index is 0.111. The Labute approximate surface area is 96.0 Å². The molecule has 1 aromatic rings. The Hall–Kier alpha value is -0.950. The van der Waals surface area contributed by atoms with E-state index < -0.39 is 9.84 Å². The van der Waals surface area contributed by atoms with Crippen LogP contribution in [0.3, 0.4) is 0 Å². The van der Waals surface area contributed by atoms with Gasteiger partial charge in [0.25, 0.3) is 0 Å². The number of aryl methyl sites for hydroxylation is 1. The maximum atomic E-state index is 11.2. The molecule has 1 rings (SSSR count). The molecule has 0 spiro atoms. The van der Waals surface area contributed by atoms with Crippen LogP contribution in [0.1, 0.15) is 12.7 Å². The molecule has 1 atom stereocenters. The van der Waals surface area contributed by atoms with Crippen LogP contribution in [0, 0.1) is 0 Å². The van der Waals surface area contributed by atoms with Gasteiger partial charge < -0.3 is 5.32 Å². The van der Waals surface area contributed by atoms with Gasteiger partial charge in [0.05, 0.1) is 5.75 Å². The summed E-state index contributed by atoms with van der Waals surface area (Å²) in [5.41, 5.74) is 0. The van der Waals surface area contributed by atoms with Crippen molar-refractivity contribution in [2.24, 2.45) is 0 Å². The summed E-state index contributed by atoms with van der Waals surface area (Å²) in [5, 5.41) is 7.03. The molecule has 0 saturated heterocycles. The largest absolute Gasteiger partial charge is 0.316 e. The standard InChI is InChI=1S/C9H18N4O2S/c1-4-13-9(11-7-12-13)5-8(10-2)6-16(3,14)15/h7-8,10H,4-6H2,1-3H3. The highest BCUT2D eigenvalue weighted by Crippen LogP contribution is 2.02. The number of nitrogens with one attached hydrogen (secondary N) is 1. The zero-order valence-corrected chi connectivity index (χ0v) is 10.7. The van der Waals surface area contributed by atoms with Gasteiger partial charge in [-0.25, -0.2) is 13.4 Å². The Balaban J connectivity index is 2.70. The monoisotopic (exact) mass is 246 g/mol. The molecule has 0 aliphatic rings. The van der Waals surface area contributed by atoms with Crippen molar-refractivity contribution in [3.05, 3.63) is 12.2 Å². The molecule has 0 amide bonds. The van der Waals surface area contributed by atoms with Crippen molar-refractivity contribution in [2.75, 3.05) is 19.1 Å². The van der Waals surface area contributed by atoms with Gasteiger partial charge in [-0.2, -0.15) is 5.10 Å². The third-order valence-electron chi connectivity index (χ3n) is 2.34. The minimum Gasteiger partial charge on any atom is -0.316 e. The average molecular weight is 246 g/mol. The first-order chi connectivity index (χ1) is 7.46. The Morgan fingerprint density at radius 3 is 2.75 bits per heavy atom. The van der Waals surface area contributed by atoms with Crippen molar-refractivity contribution < 1.29 is 8.42 Å². The van der Waals surface area contributed by atoms with E-state index in [9.17, 15) is 8.42 Å². The first-order valence-electron chi connectivity index (χ1n) is 5.18. The number of hydrogen-bond donors (Lipinski definition) is 1. The fourth-order valence-electron chi connectivity index (χ4n) is 1.54. The molecule has 92 valence electrons. The predicted octanol–water partition coefficient (Wildman–Crippen LogP) is -0.527. The van der Waals surface area contributed by atoms with E-state index in [1.165, 1.54) is 12.6 Å². The molecule has 0 aromatic carbocycles. The predicted molar refractivity (Wildman–Crippen MR) is 62.0 cm³/mol. The molecule has 16 heavy (non-hydrogen) atoms. The molecule has 1 N–H and O–H groups in total. The van der Waals surface area contributed by atoms with Crippen LogP contribution in [0.2, 0.25) is 0 Å². The molecule has 0 fully saturated rings. The maximum Gasteiger partial charge on any atom is 0.148 e. The highest BCUT2D eigenvalue weighted by Gasteiger charge is 2.16. The van der Waals surface area contributed by atoms with Gasteiger partial charge >= 0.3 is 0 Å². The third kappa shape index (κ3) is 3.90. The van der Waals surface area contributed by atoms with Crippen LogP contribution in [0.5, 0.6) is 0 Å². The molecule has 0 saturated carbocycles. The summed E-state index contributed by atoms with van der Waals surface area (Å²) in [7, 11) is -1.23. The molecule has 0 bridgehead atoms. The Morgan fingerprint density at radius 2 is 2.25 bits per heavy atom. The van der Waals surface area contributed by atoms with Gasteiger partial charge in [-0.3, -0.25) is 4.68 Å². The molecule has 1 unspecified atom stereocenters. The third-order valence-corrected chi connectivity index (χ3v) is 3.34. The highest BCUT2D eigenvalue weighted by molar-refractivity contribution is 7.90. The van der Waals surface area contributed by atoms with Crippen molar-refractivity contribution >= 4 is 9.84 Å². The van der Waals surface area contributed by atoms with E-state index in [1.807, 2.05) is 6.92 Å². The smallest absolute Gasteiger partial charge is 0.148 e. The van der Waals surface area contributed by atoms with Crippen LogP contribution in [-0.2, 0) is 22.8 Å². The molecule has 0 radical (unpaired) electrons. The van der Waals surface area contributed by atoms with Crippen LogP contribution in [0.25, 0.3) is 0 Å². The zero-order valence-electron chi connectivity index (χ0n) is 9.84. The van der Waals surface area contributed by atoms with Crippen molar-refractivity contribution in [2.45, 2.75) is 25.9 Å². The molecule has 6 nitrogen and oxygen atoms in total. The van der Waals surface area contributed by atoms with E-state index in [1.54, 1.807) is 11.7 Å². The van der Waals surface area contributed by atoms with Gasteiger partial charge in [-0.15, -0.1) is 0 Å². The summed E-state index contributed by atoms with van der Waals surface area (Å²) < 4.78 is 24.2. The number of sulfone groups is 1. The van der Waals surface area contributed by atoms with E-state index in [0.29, 0.717) is 6.42 Å². The summed E-state index contributed by atoms with van der Waals surface area (Å²) in [6.07, 6.45) is 3.30. The van der Waals surface area contributed by atoms with E-state index in [-0.39, 0.29) is 11.8 Å². The molecular formula is C9H18N4O2S. The highest BCUT2D eigenvalue weighted by atomic mass is 32.2. The fourth-order valence-corrected chi connectivity index (χ4v) is 2.56. The maximum absolute atomic E-state index is 11.2. The topological polar surface area (TPSA) is 76.9 Å². The van der Waals surface area contributed by atoms with Gasteiger partial charge in [-0.1, -0.05) is 0 Å². The minimum atomic E-state index is -2.98. The Kier molecular flexibility index (Phi) is 4.43. The molecule has 1 heterocycles. The number of hydrogen-bond acceptors (Lipinski definition) is 5. The lowest BCUT2D eigenvalue weighted by Gasteiger charge is -2.14. The zero-order chi connectivity index (χ0) is 12.2. The van der Waals surface area contributed by atoms with E-state index >= 15 is 0 Å². The quantitative estimate of drug-likeness (QED) is 0.730. The lowest BCUT2D eigenvalue weighted by molar-refractivity contribution is 0.533. The number of aromatic nitrogens is 3. The summed E-state index contributed by atoms with van der Waals surface area (Å²) >= 11 is 0. The van der Waals surface area contributed by atoms with E-state index in [4.69, 9.17) is 0 Å². The van der Waals surface area contributed by atoms with Crippen molar-refractivity contribution in [1.29, 1.82) is 0 Å². The van der Waals surface area contributed by atoms with Crippen LogP contribution >= 0.6 is 0 Å². The van der Waals surface area contributed by atoms with Gasteiger partial charge in [0, 0.05) is 25.3 Å². The second kappa shape index (κ2) is 5.40. The van der Waals surface area contributed by atoms with Gasteiger partial charge in [-0.05, 0) is 14.0 Å². The van der Waals surface area contributed by atoms with Crippen molar-refractivity contribution in [3.8, 4) is 0 Å². The average Bonchev–Trinajstić information content (AvgIpc) is 2.62.